The highest BCUT2D eigenvalue weighted by Gasteiger charge is 2.24. The van der Waals surface area contributed by atoms with Crippen LogP contribution in [0.25, 0.3) is 0 Å². The molecule has 0 aliphatic carbocycles. The third-order valence-electron chi connectivity index (χ3n) is 2.86. The molecule has 0 aliphatic heterocycles. The van der Waals surface area contributed by atoms with E-state index in [-0.39, 0.29) is 5.69 Å². The molecule has 0 aliphatic rings. The van der Waals surface area contributed by atoms with Crippen LogP contribution in [0, 0.1) is 21.7 Å². The summed E-state index contributed by atoms with van der Waals surface area (Å²) in [7, 11) is 1.55. The van der Waals surface area contributed by atoms with Gasteiger partial charge in [-0.1, -0.05) is 30.3 Å². The first-order chi connectivity index (χ1) is 9.49. The maximum absolute atomic E-state index is 13.6. The lowest BCUT2D eigenvalue weighted by molar-refractivity contribution is -0.386. The minimum atomic E-state index is -1.18. The van der Waals surface area contributed by atoms with E-state index in [0.29, 0.717) is 12.6 Å². The van der Waals surface area contributed by atoms with Crippen molar-refractivity contribution in [3.8, 4) is 0 Å². The Labute approximate surface area is 114 Å². The van der Waals surface area contributed by atoms with Gasteiger partial charge in [-0.05, 0) is 5.56 Å². The molecule has 0 saturated carbocycles. The first-order valence-corrected chi connectivity index (χ1v) is 5.87. The Morgan fingerprint density at radius 2 is 1.85 bits per heavy atom. The SMILES string of the molecule is CN(Cc1ccccc1)c1cc(F)cc(F)c1[N+](=O)[O-]. The van der Waals surface area contributed by atoms with Crippen molar-refractivity contribution in [1.82, 2.24) is 0 Å². The van der Waals surface area contributed by atoms with Gasteiger partial charge in [0.1, 0.15) is 11.5 Å². The van der Waals surface area contributed by atoms with E-state index >= 15 is 0 Å². The maximum atomic E-state index is 13.6. The van der Waals surface area contributed by atoms with Crippen LogP contribution in [-0.4, -0.2) is 12.0 Å². The number of rotatable bonds is 4. The van der Waals surface area contributed by atoms with E-state index in [2.05, 4.69) is 0 Å². The summed E-state index contributed by atoms with van der Waals surface area (Å²) in [6.07, 6.45) is 0. The highest BCUT2D eigenvalue weighted by atomic mass is 19.1. The summed E-state index contributed by atoms with van der Waals surface area (Å²) in [5, 5.41) is 10.9. The second kappa shape index (κ2) is 5.64. The Hall–Kier alpha value is -2.50. The minimum absolute atomic E-state index is 0.0867. The van der Waals surface area contributed by atoms with E-state index in [1.807, 2.05) is 30.3 Å². The molecule has 0 atom stereocenters. The second-order valence-corrected chi connectivity index (χ2v) is 4.35. The third kappa shape index (κ3) is 2.90. The van der Waals surface area contributed by atoms with E-state index in [9.17, 15) is 18.9 Å². The number of benzene rings is 2. The molecule has 2 aromatic carbocycles. The van der Waals surface area contributed by atoms with E-state index in [4.69, 9.17) is 0 Å². The molecule has 2 rings (SSSR count). The maximum Gasteiger partial charge on any atom is 0.328 e. The molecule has 0 unspecified atom stereocenters. The molecule has 0 aromatic heterocycles. The van der Waals surface area contributed by atoms with Crippen LogP contribution in [-0.2, 0) is 6.54 Å². The highest BCUT2D eigenvalue weighted by molar-refractivity contribution is 5.63. The molecule has 0 heterocycles. The van der Waals surface area contributed by atoms with Gasteiger partial charge in [0, 0.05) is 25.7 Å². The van der Waals surface area contributed by atoms with Crippen LogP contribution in [0.3, 0.4) is 0 Å². The molecule has 2 aromatic rings. The molecule has 0 bridgehead atoms. The molecule has 0 N–H and O–H groups in total. The van der Waals surface area contributed by atoms with Crippen molar-refractivity contribution < 1.29 is 13.7 Å². The van der Waals surface area contributed by atoms with Crippen molar-refractivity contribution in [2.75, 3.05) is 11.9 Å². The van der Waals surface area contributed by atoms with Crippen LogP contribution in [0.2, 0.25) is 0 Å². The lowest BCUT2D eigenvalue weighted by Gasteiger charge is -2.19. The van der Waals surface area contributed by atoms with Gasteiger partial charge in [-0.2, -0.15) is 4.39 Å². The predicted octanol–water partition coefficient (Wildman–Crippen LogP) is 3.51. The molecule has 20 heavy (non-hydrogen) atoms. The number of hydrogen-bond acceptors (Lipinski definition) is 3. The van der Waals surface area contributed by atoms with Crippen molar-refractivity contribution in [3.05, 3.63) is 69.8 Å². The fraction of sp³-hybridized carbons (Fsp3) is 0.143. The van der Waals surface area contributed by atoms with Crippen molar-refractivity contribution >= 4 is 11.4 Å². The summed E-state index contributed by atoms with van der Waals surface area (Å²) in [4.78, 5) is 11.5. The number of halogens is 2. The Morgan fingerprint density at radius 1 is 1.20 bits per heavy atom. The van der Waals surface area contributed by atoms with Gasteiger partial charge in [-0.25, -0.2) is 4.39 Å². The topological polar surface area (TPSA) is 46.4 Å². The molecule has 4 nitrogen and oxygen atoms in total. The van der Waals surface area contributed by atoms with Crippen LogP contribution in [0.4, 0.5) is 20.2 Å². The van der Waals surface area contributed by atoms with Gasteiger partial charge >= 0.3 is 5.69 Å². The van der Waals surface area contributed by atoms with E-state index in [0.717, 1.165) is 11.6 Å². The Bertz CT molecular complexity index is 633. The summed E-state index contributed by atoms with van der Waals surface area (Å²) >= 11 is 0. The number of nitro groups is 1. The zero-order chi connectivity index (χ0) is 14.7. The fourth-order valence-electron chi connectivity index (χ4n) is 1.97. The van der Waals surface area contributed by atoms with E-state index in [1.165, 1.54) is 4.90 Å². The third-order valence-corrected chi connectivity index (χ3v) is 2.86. The van der Waals surface area contributed by atoms with Crippen LogP contribution in [0.1, 0.15) is 5.56 Å². The first kappa shape index (κ1) is 13.9. The number of hydrogen-bond donors (Lipinski definition) is 0. The van der Waals surface area contributed by atoms with Gasteiger partial charge in [0.05, 0.1) is 4.92 Å². The normalized spacial score (nSPS) is 10.3. The van der Waals surface area contributed by atoms with E-state index < -0.39 is 22.2 Å². The van der Waals surface area contributed by atoms with Gasteiger partial charge in [-0.3, -0.25) is 10.1 Å². The monoisotopic (exact) mass is 278 g/mol. The molecular weight excluding hydrogens is 266 g/mol. The summed E-state index contributed by atoms with van der Waals surface area (Å²) in [5.74, 6) is -2.02. The summed E-state index contributed by atoms with van der Waals surface area (Å²) in [5.41, 5.74) is 0.0788. The summed E-state index contributed by atoms with van der Waals surface area (Å²) in [6.45, 7) is 0.310. The van der Waals surface area contributed by atoms with Crippen molar-refractivity contribution in [2.24, 2.45) is 0 Å². The van der Waals surface area contributed by atoms with Gasteiger partial charge in [-0.15, -0.1) is 0 Å². The van der Waals surface area contributed by atoms with Gasteiger partial charge < -0.3 is 4.90 Å². The minimum Gasteiger partial charge on any atom is -0.365 e. The van der Waals surface area contributed by atoms with Crippen molar-refractivity contribution in [3.63, 3.8) is 0 Å². The van der Waals surface area contributed by atoms with Crippen LogP contribution < -0.4 is 4.90 Å². The average molecular weight is 278 g/mol. The Kier molecular flexibility index (Phi) is 3.93. The molecule has 0 amide bonds. The molecule has 6 heteroatoms. The molecule has 0 radical (unpaired) electrons. The zero-order valence-corrected chi connectivity index (χ0v) is 10.7. The Balaban J connectivity index is 2.38. The number of nitro benzene ring substituents is 1. The van der Waals surface area contributed by atoms with Crippen LogP contribution in [0.5, 0.6) is 0 Å². The van der Waals surface area contributed by atoms with Gasteiger partial charge in [0.2, 0.25) is 5.82 Å². The molecule has 0 saturated heterocycles. The van der Waals surface area contributed by atoms with Crippen molar-refractivity contribution in [1.29, 1.82) is 0 Å². The fourth-order valence-corrected chi connectivity index (χ4v) is 1.97. The second-order valence-electron chi connectivity index (χ2n) is 4.35. The summed E-state index contributed by atoms with van der Waals surface area (Å²) < 4.78 is 26.8. The molecule has 0 spiro atoms. The highest BCUT2D eigenvalue weighted by Crippen LogP contribution is 2.32. The molecular formula is C14H12F2N2O2. The largest absolute Gasteiger partial charge is 0.365 e. The number of anilines is 1. The van der Waals surface area contributed by atoms with Crippen molar-refractivity contribution in [2.45, 2.75) is 6.54 Å². The van der Waals surface area contributed by atoms with E-state index in [1.54, 1.807) is 7.05 Å². The first-order valence-electron chi connectivity index (χ1n) is 5.87. The quantitative estimate of drug-likeness (QED) is 0.635. The van der Waals surface area contributed by atoms with Crippen LogP contribution in [0.15, 0.2) is 42.5 Å². The molecule has 104 valence electrons. The van der Waals surface area contributed by atoms with Crippen LogP contribution >= 0.6 is 0 Å². The average Bonchev–Trinajstić information content (AvgIpc) is 2.38. The van der Waals surface area contributed by atoms with Gasteiger partial charge in [0.25, 0.3) is 0 Å². The molecule has 0 fully saturated rings. The zero-order valence-electron chi connectivity index (χ0n) is 10.7. The lowest BCUT2D eigenvalue weighted by atomic mass is 10.2. The standard InChI is InChI=1S/C14H12F2N2O2/c1-17(9-10-5-3-2-4-6-10)13-8-11(15)7-12(16)14(13)18(19)20/h2-8H,9H2,1H3. The van der Waals surface area contributed by atoms with Gasteiger partial charge in [0.15, 0.2) is 0 Å². The Morgan fingerprint density at radius 3 is 2.45 bits per heavy atom. The predicted molar refractivity (Wildman–Crippen MR) is 71.6 cm³/mol. The smallest absolute Gasteiger partial charge is 0.328 e. The summed E-state index contributed by atoms with van der Waals surface area (Å²) in [6, 6.07) is 10.6. The lowest BCUT2D eigenvalue weighted by Crippen LogP contribution is -2.18. The number of nitrogens with zero attached hydrogens (tertiary/aromatic N) is 2.